The number of carbonyl (C=O) groups excluding carboxylic acids is 1. The molecule has 90 valence electrons. The third-order valence-corrected chi connectivity index (χ3v) is 2.90. The summed E-state index contributed by atoms with van der Waals surface area (Å²) < 4.78 is 0. The van der Waals surface area contributed by atoms with Gasteiger partial charge in [0.25, 0.3) is 5.91 Å². The van der Waals surface area contributed by atoms with Crippen molar-refractivity contribution in [2.75, 3.05) is 7.05 Å². The number of nitrogens with zero attached hydrogens (tertiary/aromatic N) is 1. The van der Waals surface area contributed by atoms with E-state index in [4.69, 9.17) is 5.84 Å². The third kappa shape index (κ3) is 4.62. The summed E-state index contributed by atoms with van der Waals surface area (Å²) >= 11 is 0. The minimum absolute atomic E-state index is 0.0812. The summed E-state index contributed by atoms with van der Waals surface area (Å²) in [6.07, 6.45) is 4.08. The molecule has 2 atom stereocenters. The number of carbonyl (C=O) groups is 1. The molecule has 0 bridgehead atoms. The molecule has 0 aliphatic rings. The van der Waals surface area contributed by atoms with Crippen LogP contribution in [0.5, 0.6) is 0 Å². The molecule has 3 N–H and O–H groups in total. The van der Waals surface area contributed by atoms with Crippen molar-refractivity contribution >= 4 is 5.91 Å². The van der Waals surface area contributed by atoms with Gasteiger partial charge in [-0.05, 0) is 26.8 Å². The van der Waals surface area contributed by atoms with E-state index in [1.54, 1.807) is 0 Å². The largest absolute Gasteiger partial charge is 0.293 e. The maximum absolute atomic E-state index is 11.6. The second kappa shape index (κ2) is 7.65. The van der Waals surface area contributed by atoms with Crippen molar-refractivity contribution in [3.63, 3.8) is 0 Å². The molecule has 4 heteroatoms. The molecule has 0 aliphatic heterocycles. The lowest BCUT2D eigenvalue weighted by molar-refractivity contribution is -0.127. The highest BCUT2D eigenvalue weighted by Crippen LogP contribution is 2.12. The fourth-order valence-corrected chi connectivity index (χ4v) is 1.82. The number of amides is 1. The van der Waals surface area contributed by atoms with Crippen LogP contribution >= 0.6 is 0 Å². The molecule has 0 aliphatic carbocycles. The quantitative estimate of drug-likeness (QED) is 0.382. The highest BCUT2D eigenvalue weighted by Gasteiger charge is 2.24. The standard InChI is InChI=1S/C11H25N3O/c1-5-7-9(3)14(4)10(8-6-2)11(15)13-12/h9-10H,5-8,12H2,1-4H3,(H,13,15). The first kappa shape index (κ1) is 14.4. The van der Waals surface area contributed by atoms with Crippen molar-refractivity contribution in [1.82, 2.24) is 10.3 Å². The molecule has 0 fully saturated rings. The van der Waals surface area contributed by atoms with E-state index in [0.29, 0.717) is 6.04 Å². The second-order valence-electron chi connectivity index (χ2n) is 4.12. The Kier molecular flexibility index (Phi) is 7.34. The third-order valence-electron chi connectivity index (χ3n) is 2.90. The fraction of sp³-hybridized carbons (Fsp3) is 0.909. The lowest BCUT2D eigenvalue weighted by Gasteiger charge is -2.31. The van der Waals surface area contributed by atoms with Crippen LogP contribution in [0.1, 0.15) is 46.5 Å². The molecule has 0 aromatic rings. The summed E-state index contributed by atoms with van der Waals surface area (Å²) in [7, 11) is 2.00. The van der Waals surface area contributed by atoms with Crippen LogP contribution in [0.2, 0.25) is 0 Å². The zero-order valence-corrected chi connectivity index (χ0v) is 10.4. The molecule has 0 aromatic heterocycles. The summed E-state index contributed by atoms with van der Waals surface area (Å²) in [4.78, 5) is 13.7. The predicted molar refractivity (Wildman–Crippen MR) is 63.2 cm³/mol. The predicted octanol–water partition coefficient (Wildman–Crippen LogP) is 1.27. The van der Waals surface area contributed by atoms with Crippen LogP contribution in [0.4, 0.5) is 0 Å². The van der Waals surface area contributed by atoms with Gasteiger partial charge in [-0.15, -0.1) is 0 Å². The molecule has 2 unspecified atom stereocenters. The van der Waals surface area contributed by atoms with Crippen molar-refractivity contribution in [1.29, 1.82) is 0 Å². The first-order chi connectivity index (χ1) is 7.08. The van der Waals surface area contributed by atoms with Gasteiger partial charge in [0.05, 0.1) is 6.04 Å². The minimum atomic E-state index is -0.0958. The summed E-state index contributed by atoms with van der Waals surface area (Å²) in [5.41, 5.74) is 2.25. The number of rotatable bonds is 7. The number of nitrogens with one attached hydrogen (secondary N) is 1. The maximum Gasteiger partial charge on any atom is 0.251 e. The number of hydrogen-bond donors (Lipinski definition) is 2. The maximum atomic E-state index is 11.6. The molecule has 0 saturated carbocycles. The Bertz CT molecular complexity index is 185. The van der Waals surface area contributed by atoms with Gasteiger partial charge < -0.3 is 0 Å². The molecule has 0 heterocycles. The summed E-state index contributed by atoms with van der Waals surface area (Å²) in [5.74, 6) is 5.11. The number of hydrazine groups is 1. The first-order valence-electron chi connectivity index (χ1n) is 5.80. The Labute approximate surface area is 93.2 Å². The number of hydrogen-bond acceptors (Lipinski definition) is 3. The van der Waals surface area contributed by atoms with Gasteiger partial charge in [0.15, 0.2) is 0 Å². The zero-order valence-electron chi connectivity index (χ0n) is 10.4. The van der Waals surface area contributed by atoms with E-state index in [2.05, 4.69) is 31.1 Å². The minimum Gasteiger partial charge on any atom is -0.293 e. The van der Waals surface area contributed by atoms with Crippen LogP contribution < -0.4 is 11.3 Å². The average molecular weight is 215 g/mol. The van der Waals surface area contributed by atoms with Crippen molar-refractivity contribution in [2.45, 2.75) is 58.5 Å². The van der Waals surface area contributed by atoms with E-state index in [9.17, 15) is 4.79 Å². The molecule has 0 rings (SSSR count). The van der Waals surface area contributed by atoms with Gasteiger partial charge >= 0.3 is 0 Å². The Balaban J connectivity index is 4.39. The van der Waals surface area contributed by atoms with E-state index >= 15 is 0 Å². The molecule has 1 amide bonds. The average Bonchev–Trinajstić information content (AvgIpc) is 2.24. The van der Waals surface area contributed by atoms with E-state index in [-0.39, 0.29) is 11.9 Å². The number of nitrogens with two attached hydrogens (primary N) is 1. The van der Waals surface area contributed by atoms with Crippen LogP contribution in [0.3, 0.4) is 0 Å². The van der Waals surface area contributed by atoms with Crippen molar-refractivity contribution in [3.05, 3.63) is 0 Å². The lowest BCUT2D eigenvalue weighted by atomic mass is 10.1. The van der Waals surface area contributed by atoms with Crippen LogP contribution in [0, 0.1) is 0 Å². The van der Waals surface area contributed by atoms with Gasteiger partial charge in [0.2, 0.25) is 0 Å². The van der Waals surface area contributed by atoms with E-state index in [1.807, 2.05) is 7.05 Å². The first-order valence-corrected chi connectivity index (χ1v) is 5.80. The molecular formula is C11H25N3O. The summed E-state index contributed by atoms with van der Waals surface area (Å²) in [6.45, 7) is 6.38. The Hall–Kier alpha value is -0.610. The Morgan fingerprint density at radius 2 is 1.87 bits per heavy atom. The Morgan fingerprint density at radius 1 is 1.33 bits per heavy atom. The molecular weight excluding hydrogens is 190 g/mol. The van der Waals surface area contributed by atoms with E-state index < -0.39 is 0 Å². The molecule has 4 nitrogen and oxygen atoms in total. The van der Waals surface area contributed by atoms with Crippen LogP contribution in [0.15, 0.2) is 0 Å². The molecule has 15 heavy (non-hydrogen) atoms. The normalized spacial score (nSPS) is 15.1. The van der Waals surface area contributed by atoms with E-state index in [0.717, 1.165) is 25.7 Å². The van der Waals surface area contributed by atoms with Crippen LogP contribution in [0.25, 0.3) is 0 Å². The van der Waals surface area contributed by atoms with Gasteiger partial charge in [-0.3, -0.25) is 15.1 Å². The van der Waals surface area contributed by atoms with E-state index in [1.165, 1.54) is 0 Å². The van der Waals surface area contributed by atoms with Gasteiger partial charge in [0.1, 0.15) is 0 Å². The van der Waals surface area contributed by atoms with Gasteiger partial charge in [0, 0.05) is 6.04 Å². The molecule has 0 saturated heterocycles. The summed E-state index contributed by atoms with van der Waals surface area (Å²) in [6, 6.07) is 0.324. The molecule has 0 radical (unpaired) electrons. The highest BCUT2D eigenvalue weighted by atomic mass is 16.2. The number of likely N-dealkylation sites (N-methyl/N-ethyl adjacent to an activating group) is 1. The topological polar surface area (TPSA) is 58.4 Å². The molecule has 0 spiro atoms. The zero-order chi connectivity index (χ0) is 11.8. The lowest BCUT2D eigenvalue weighted by Crippen LogP contribution is -2.50. The van der Waals surface area contributed by atoms with Crippen molar-refractivity contribution in [2.24, 2.45) is 5.84 Å². The monoisotopic (exact) mass is 215 g/mol. The smallest absolute Gasteiger partial charge is 0.251 e. The fourth-order valence-electron chi connectivity index (χ4n) is 1.82. The molecule has 0 aromatic carbocycles. The van der Waals surface area contributed by atoms with Gasteiger partial charge in [-0.1, -0.05) is 26.7 Å². The van der Waals surface area contributed by atoms with Crippen molar-refractivity contribution in [3.8, 4) is 0 Å². The van der Waals surface area contributed by atoms with Crippen LogP contribution in [-0.2, 0) is 4.79 Å². The Morgan fingerprint density at radius 3 is 2.27 bits per heavy atom. The second-order valence-corrected chi connectivity index (χ2v) is 4.12. The van der Waals surface area contributed by atoms with Crippen LogP contribution in [-0.4, -0.2) is 29.9 Å². The van der Waals surface area contributed by atoms with Gasteiger partial charge in [-0.2, -0.15) is 0 Å². The summed E-state index contributed by atoms with van der Waals surface area (Å²) in [5, 5.41) is 0. The van der Waals surface area contributed by atoms with Crippen molar-refractivity contribution < 1.29 is 4.79 Å². The SMILES string of the molecule is CCCC(C)N(C)C(CCC)C(=O)NN. The van der Waals surface area contributed by atoms with Gasteiger partial charge in [-0.25, -0.2) is 5.84 Å². The highest BCUT2D eigenvalue weighted by molar-refractivity contribution is 5.81.